The van der Waals surface area contributed by atoms with Gasteiger partial charge >= 0.3 is 0 Å². The molecule has 0 fully saturated rings. The van der Waals surface area contributed by atoms with Crippen molar-refractivity contribution in [1.82, 2.24) is 10.1 Å². The SMILES string of the molecule is CC(C)(C)c1cc(NC(=O)c2ccnc(F)c2)on1. The van der Waals surface area contributed by atoms with Gasteiger partial charge in [0.2, 0.25) is 11.8 Å². The fraction of sp³-hybridized carbons (Fsp3) is 0.308. The van der Waals surface area contributed by atoms with E-state index >= 15 is 0 Å². The Balaban J connectivity index is 2.13. The van der Waals surface area contributed by atoms with Crippen molar-refractivity contribution in [3.63, 3.8) is 0 Å². The third-order valence-corrected chi connectivity index (χ3v) is 2.50. The summed E-state index contributed by atoms with van der Waals surface area (Å²) in [5, 5.41) is 6.39. The third-order valence-electron chi connectivity index (χ3n) is 2.50. The molecule has 0 radical (unpaired) electrons. The van der Waals surface area contributed by atoms with Gasteiger partial charge in [-0.05, 0) is 6.07 Å². The molecule has 5 nitrogen and oxygen atoms in total. The summed E-state index contributed by atoms with van der Waals surface area (Å²) in [4.78, 5) is 15.2. The Morgan fingerprint density at radius 1 is 1.37 bits per heavy atom. The minimum absolute atomic E-state index is 0.168. The molecule has 0 aliphatic rings. The second kappa shape index (κ2) is 4.79. The zero-order chi connectivity index (χ0) is 14.0. The van der Waals surface area contributed by atoms with Gasteiger partial charge in [0.15, 0.2) is 0 Å². The van der Waals surface area contributed by atoms with Crippen LogP contribution in [0.1, 0.15) is 36.8 Å². The van der Waals surface area contributed by atoms with E-state index in [2.05, 4.69) is 15.5 Å². The molecule has 2 aromatic heterocycles. The van der Waals surface area contributed by atoms with Gasteiger partial charge in [-0.25, -0.2) is 4.98 Å². The fourth-order valence-corrected chi connectivity index (χ4v) is 1.42. The second-order valence-corrected chi connectivity index (χ2v) is 5.15. The van der Waals surface area contributed by atoms with Crippen molar-refractivity contribution in [2.24, 2.45) is 0 Å². The summed E-state index contributed by atoms with van der Waals surface area (Å²) < 4.78 is 17.9. The molecule has 0 atom stereocenters. The molecule has 0 aliphatic heterocycles. The number of hydrogen-bond acceptors (Lipinski definition) is 4. The van der Waals surface area contributed by atoms with Crippen LogP contribution in [-0.2, 0) is 5.41 Å². The van der Waals surface area contributed by atoms with Crippen LogP contribution in [0, 0.1) is 5.95 Å². The van der Waals surface area contributed by atoms with E-state index in [1.807, 2.05) is 20.8 Å². The molecule has 19 heavy (non-hydrogen) atoms. The smallest absolute Gasteiger partial charge is 0.258 e. The molecule has 100 valence electrons. The Hall–Kier alpha value is -2.24. The van der Waals surface area contributed by atoms with Crippen LogP contribution >= 0.6 is 0 Å². The molecule has 0 aliphatic carbocycles. The number of amides is 1. The van der Waals surface area contributed by atoms with Gasteiger partial charge in [-0.2, -0.15) is 4.39 Å². The quantitative estimate of drug-likeness (QED) is 0.846. The molecular weight excluding hydrogens is 249 g/mol. The molecular formula is C13H14FN3O2. The molecule has 1 amide bonds. The van der Waals surface area contributed by atoms with Gasteiger partial charge < -0.3 is 4.52 Å². The number of carbonyl (C=O) groups is 1. The van der Waals surface area contributed by atoms with Crippen molar-refractivity contribution >= 4 is 11.8 Å². The van der Waals surface area contributed by atoms with Gasteiger partial charge in [0.1, 0.15) is 0 Å². The molecule has 0 saturated carbocycles. The lowest BCUT2D eigenvalue weighted by Crippen LogP contribution is -2.12. The number of aromatic nitrogens is 2. The van der Waals surface area contributed by atoms with Crippen LogP contribution in [0.2, 0.25) is 0 Å². The standard InChI is InChI=1S/C13H14FN3O2/c1-13(2,3)9-7-11(19-17-9)16-12(18)8-4-5-15-10(14)6-8/h4-7H,1-3H3,(H,16,18). The van der Waals surface area contributed by atoms with Crippen molar-refractivity contribution < 1.29 is 13.7 Å². The molecule has 2 rings (SSSR count). The van der Waals surface area contributed by atoms with Crippen molar-refractivity contribution in [1.29, 1.82) is 0 Å². The number of pyridine rings is 1. The first-order chi connectivity index (χ1) is 8.86. The predicted molar refractivity (Wildman–Crippen MR) is 67.4 cm³/mol. The predicted octanol–water partition coefficient (Wildman–Crippen LogP) is 2.76. The van der Waals surface area contributed by atoms with Crippen molar-refractivity contribution in [2.75, 3.05) is 5.32 Å². The Morgan fingerprint density at radius 3 is 2.68 bits per heavy atom. The highest BCUT2D eigenvalue weighted by atomic mass is 19.1. The number of nitrogens with zero attached hydrogens (tertiary/aromatic N) is 2. The molecule has 0 unspecified atom stereocenters. The van der Waals surface area contributed by atoms with Crippen LogP contribution in [0.15, 0.2) is 28.9 Å². The van der Waals surface area contributed by atoms with Gasteiger partial charge in [-0.1, -0.05) is 25.9 Å². The Morgan fingerprint density at radius 2 is 2.11 bits per heavy atom. The summed E-state index contributed by atoms with van der Waals surface area (Å²) in [7, 11) is 0. The summed E-state index contributed by atoms with van der Waals surface area (Å²) in [5.74, 6) is -0.953. The van der Waals surface area contributed by atoms with Crippen LogP contribution in [-0.4, -0.2) is 16.0 Å². The first kappa shape index (κ1) is 13.2. The maximum atomic E-state index is 12.9. The zero-order valence-electron chi connectivity index (χ0n) is 10.9. The zero-order valence-corrected chi connectivity index (χ0v) is 10.9. The van der Waals surface area contributed by atoms with Crippen LogP contribution < -0.4 is 5.32 Å². The summed E-state index contributed by atoms with van der Waals surface area (Å²) in [6, 6.07) is 4.12. The first-order valence-corrected chi connectivity index (χ1v) is 5.76. The average molecular weight is 263 g/mol. The molecule has 2 aromatic rings. The van der Waals surface area contributed by atoms with Gasteiger partial charge in [0.25, 0.3) is 5.91 Å². The number of rotatable bonds is 2. The summed E-state index contributed by atoms with van der Waals surface area (Å²) in [6.07, 6.45) is 1.23. The Kier molecular flexibility index (Phi) is 3.33. The minimum atomic E-state index is -0.708. The largest absolute Gasteiger partial charge is 0.338 e. The highest BCUT2D eigenvalue weighted by Gasteiger charge is 2.20. The van der Waals surface area contributed by atoms with E-state index < -0.39 is 11.9 Å². The van der Waals surface area contributed by atoms with Crippen LogP contribution in [0.25, 0.3) is 0 Å². The van der Waals surface area contributed by atoms with Gasteiger partial charge in [0.05, 0.1) is 5.69 Å². The fourth-order valence-electron chi connectivity index (χ4n) is 1.42. The van der Waals surface area contributed by atoms with Crippen LogP contribution in [0.3, 0.4) is 0 Å². The molecule has 2 heterocycles. The molecule has 6 heteroatoms. The molecule has 0 aromatic carbocycles. The van der Waals surface area contributed by atoms with E-state index in [-0.39, 0.29) is 16.9 Å². The van der Waals surface area contributed by atoms with E-state index in [0.29, 0.717) is 0 Å². The Bertz CT molecular complexity index is 602. The highest BCUT2D eigenvalue weighted by molar-refractivity contribution is 6.03. The van der Waals surface area contributed by atoms with Crippen molar-refractivity contribution in [3.05, 3.63) is 41.6 Å². The number of hydrogen-bond donors (Lipinski definition) is 1. The lowest BCUT2D eigenvalue weighted by Gasteiger charge is -2.12. The number of carbonyl (C=O) groups excluding carboxylic acids is 1. The minimum Gasteiger partial charge on any atom is -0.338 e. The molecule has 0 bridgehead atoms. The monoisotopic (exact) mass is 263 g/mol. The maximum absolute atomic E-state index is 12.9. The van der Waals surface area contributed by atoms with Crippen LogP contribution in [0.5, 0.6) is 0 Å². The van der Waals surface area contributed by atoms with E-state index in [4.69, 9.17) is 4.52 Å². The second-order valence-electron chi connectivity index (χ2n) is 5.15. The van der Waals surface area contributed by atoms with Crippen molar-refractivity contribution in [2.45, 2.75) is 26.2 Å². The number of anilines is 1. The van der Waals surface area contributed by atoms with Crippen molar-refractivity contribution in [3.8, 4) is 0 Å². The normalized spacial score (nSPS) is 11.4. The van der Waals surface area contributed by atoms with E-state index in [1.165, 1.54) is 12.3 Å². The van der Waals surface area contributed by atoms with Gasteiger partial charge in [-0.15, -0.1) is 0 Å². The molecule has 0 saturated heterocycles. The summed E-state index contributed by atoms with van der Waals surface area (Å²) in [5.41, 5.74) is 0.722. The summed E-state index contributed by atoms with van der Waals surface area (Å²) in [6.45, 7) is 5.94. The Labute approximate surface area is 109 Å². The van der Waals surface area contributed by atoms with Gasteiger partial charge in [-0.3, -0.25) is 10.1 Å². The van der Waals surface area contributed by atoms with E-state index in [0.717, 1.165) is 11.8 Å². The van der Waals surface area contributed by atoms with Gasteiger partial charge in [0, 0.05) is 29.3 Å². The number of halogens is 1. The molecule has 0 spiro atoms. The third kappa shape index (κ3) is 3.15. The topological polar surface area (TPSA) is 68.0 Å². The van der Waals surface area contributed by atoms with E-state index in [9.17, 15) is 9.18 Å². The lowest BCUT2D eigenvalue weighted by atomic mass is 9.92. The van der Waals surface area contributed by atoms with E-state index in [1.54, 1.807) is 6.07 Å². The maximum Gasteiger partial charge on any atom is 0.258 e. The molecule has 1 N–H and O–H groups in total. The van der Waals surface area contributed by atoms with Crippen LogP contribution in [0.4, 0.5) is 10.3 Å². The lowest BCUT2D eigenvalue weighted by molar-refractivity contribution is 0.102. The summed E-state index contributed by atoms with van der Waals surface area (Å²) >= 11 is 0. The average Bonchev–Trinajstić information content (AvgIpc) is 2.77. The highest BCUT2D eigenvalue weighted by Crippen LogP contribution is 2.23. The first-order valence-electron chi connectivity index (χ1n) is 5.76. The number of nitrogens with one attached hydrogen (secondary N) is 1.